The summed E-state index contributed by atoms with van der Waals surface area (Å²) in [7, 11) is -6.00. The number of halogens is 4. The molecule has 4 nitrogen and oxygen atoms in total. The van der Waals surface area contributed by atoms with Crippen molar-refractivity contribution in [3.8, 4) is 0 Å². The van der Waals surface area contributed by atoms with Gasteiger partial charge in [-0.15, -0.1) is 0 Å². The maximum absolute atomic E-state index is 10.3. The van der Waals surface area contributed by atoms with Gasteiger partial charge in [0.15, 0.2) is 0 Å². The fourth-order valence-corrected chi connectivity index (χ4v) is 0.955. The van der Waals surface area contributed by atoms with Gasteiger partial charge in [0.25, 0.3) is 5.71 Å². The number of carboxylic acid groups (broad SMARTS) is 1. The second-order valence-corrected chi connectivity index (χ2v) is 2.97. The van der Waals surface area contributed by atoms with E-state index in [1.165, 1.54) is 0 Å². The Labute approximate surface area is 94.0 Å². The topological polar surface area (TPSA) is 73.7 Å². The second kappa shape index (κ2) is 6.64. The molecule has 0 aromatic carbocycles. The van der Waals surface area contributed by atoms with Crippen LogP contribution in [-0.4, -0.2) is 28.8 Å². The van der Waals surface area contributed by atoms with Crippen LogP contribution in [0.4, 0.5) is 17.3 Å². The molecule has 1 aliphatic carbocycles. The maximum atomic E-state index is 10.3. The molecule has 0 aromatic rings. The number of allylic oxidation sites excluding steroid dienone is 3. The van der Waals surface area contributed by atoms with Gasteiger partial charge in [-0.2, -0.15) is 4.79 Å². The average Bonchev–Trinajstić information content (AvgIpc) is 2.15. The predicted molar refractivity (Wildman–Crippen MR) is 52.9 cm³/mol. The molecular formula is C8H8BF4N2O2-. The number of carbonyl (C=O) groups is 1. The summed E-state index contributed by atoms with van der Waals surface area (Å²) >= 11 is 0. The van der Waals surface area contributed by atoms with E-state index in [-0.39, 0.29) is 6.42 Å². The third kappa shape index (κ3) is 10.4. The molecule has 0 atom stereocenters. The van der Waals surface area contributed by atoms with Crippen LogP contribution in [0.15, 0.2) is 23.8 Å². The Morgan fingerprint density at radius 1 is 1.41 bits per heavy atom. The molecule has 1 rings (SSSR count). The zero-order valence-electron chi connectivity index (χ0n) is 8.49. The summed E-state index contributed by atoms with van der Waals surface area (Å²) in [6, 6.07) is 0. The van der Waals surface area contributed by atoms with Crippen molar-refractivity contribution in [3.05, 3.63) is 29.3 Å². The van der Waals surface area contributed by atoms with Gasteiger partial charge in [0.05, 0.1) is 12.8 Å². The smallest absolute Gasteiger partial charge is 0.481 e. The maximum Gasteiger partial charge on any atom is 0.673 e. The summed E-state index contributed by atoms with van der Waals surface area (Å²) in [5.74, 6) is -0.852. The van der Waals surface area contributed by atoms with E-state index in [1.54, 1.807) is 18.2 Å². The van der Waals surface area contributed by atoms with E-state index < -0.39 is 13.2 Å². The molecule has 0 aromatic heterocycles. The van der Waals surface area contributed by atoms with Gasteiger partial charge >= 0.3 is 13.2 Å². The number of rotatable bonds is 2. The first kappa shape index (κ1) is 15.1. The Hall–Kier alpha value is -1.89. The molecule has 0 unspecified atom stereocenters. The highest BCUT2D eigenvalue weighted by Crippen LogP contribution is 2.10. The second-order valence-electron chi connectivity index (χ2n) is 2.97. The summed E-state index contributed by atoms with van der Waals surface area (Å²) in [5, 5.41) is 8.43. The molecule has 0 radical (unpaired) electrons. The van der Waals surface area contributed by atoms with E-state index in [0.717, 1.165) is 5.57 Å². The molecular weight excluding hydrogens is 243 g/mol. The van der Waals surface area contributed by atoms with E-state index in [0.29, 0.717) is 12.1 Å². The monoisotopic (exact) mass is 251 g/mol. The van der Waals surface area contributed by atoms with Crippen LogP contribution >= 0.6 is 0 Å². The van der Waals surface area contributed by atoms with Crippen LogP contribution in [0.25, 0.3) is 5.53 Å². The van der Waals surface area contributed by atoms with E-state index >= 15 is 0 Å². The molecule has 0 amide bonds. The summed E-state index contributed by atoms with van der Waals surface area (Å²) in [5.41, 5.74) is 9.64. The lowest BCUT2D eigenvalue weighted by Gasteiger charge is -1.99. The van der Waals surface area contributed by atoms with Gasteiger partial charge in [0.2, 0.25) is 0 Å². The lowest BCUT2D eigenvalue weighted by atomic mass is 10.0. The SMILES string of the molecule is F[B-](F)(F)F.[N-]=[N+]=C1C=CC(CC(=O)O)=CC1. The number of hydrogen-bond donors (Lipinski definition) is 1. The van der Waals surface area contributed by atoms with E-state index in [9.17, 15) is 22.1 Å². The fourth-order valence-electron chi connectivity index (χ4n) is 0.955. The van der Waals surface area contributed by atoms with Gasteiger partial charge in [-0.3, -0.25) is 4.79 Å². The van der Waals surface area contributed by atoms with Crippen molar-refractivity contribution in [3.63, 3.8) is 0 Å². The van der Waals surface area contributed by atoms with E-state index in [4.69, 9.17) is 10.6 Å². The lowest BCUT2D eigenvalue weighted by Crippen LogP contribution is -2.02. The van der Waals surface area contributed by atoms with Crippen LogP contribution in [-0.2, 0) is 4.79 Å². The van der Waals surface area contributed by atoms with Crippen molar-refractivity contribution in [2.75, 3.05) is 0 Å². The third-order valence-corrected chi connectivity index (χ3v) is 1.55. The minimum atomic E-state index is -6.00. The molecule has 1 aliphatic rings. The number of carboxylic acids is 1. The minimum Gasteiger partial charge on any atom is -0.481 e. The Balaban J connectivity index is 0.000000437. The standard InChI is InChI=1S/C8H8N2O2.BF4/c9-10-7-3-1-6(2-4-7)5-8(11)12;2-1(3,4)5/h1-3H,4-5H2,(H,11,12);/q;-1. The Kier molecular flexibility index (Phi) is 5.91. The lowest BCUT2D eigenvalue weighted by molar-refractivity contribution is -0.136. The average molecular weight is 251 g/mol. The van der Waals surface area contributed by atoms with Crippen molar-refractivity contribution in [2.45, 2.75) is 12.8 Å². The molecule has 0 saturated heterocycles. The van der Waals surface area contributed by atoms with Crippen molar-refractivity contribution < 1.29 is 32.0 Å². The zero-order valence-corrected chi connectivity index (χ0v) is 8.49. The van der Waals surface area contributed by atoms with E-state index in [2.05, 4.69) is 4.79 Å². The van der Waals surface area contributed by atoms with Gasteiger partial charge in [-0.25, -0.2) is 0 Å². The third-order valence-electron chi connectivity index (χ3n) is 1.55. The van der Waals surface area contributed by atoms with Gasteiger partial charge in [-0.05, 0) is 5.57 Å². The van der Waals surface area contributed by atoms with Crippen LogP contribution < -0.4 is 0 Å². The molecule has 0 spiro atoms. The fraction of sp³-hybridized carbons (Fsp3) is 0.250. The van der Waals surface area contributed by atoms with Crippen molar-refractivity contribution in [2.24, 2.45) is 0 Å². The quantitative estimate of drug-likeness (QED) is 0.354. The number of hydrogen-bond acceptors (Lipinski definition) is 1. The molecule has 94 valence electrons. The van der Waals surface area contributed by atoms with Gasteiger partial charge in [-0.1, -0.05) is 12.2 Å². The Bertz CT molecular complexity index is 391. The summed E-state index contributed by atoms with van der Waals surface area (Å²) in [6.45, 7) is 0. The molecule has 0 bridgehead atoms. The first-order valence-electron chi connectivity index (χ1n) is 4.39. The molecule has 1 N–H and O–H groups in total. The molecule has 0 fully saturated rings. The highest BCUT2D eigenvalue weighted by molar-refractivity contribution is 6.50. The van der Waals surface area contributed by atoms with Crippen LogP contribution in [0.2, 0.25) is 0 Å². The summed E-state index contributed by atoms with van der Waals surface area (Å²) in [4.78, 5) is 13.3. The van der Waals surface area contributed by atoms with Gasteiger partial charge in [0.1, 0.15) is 0 Å². The minimum absolute atomic E-state index is 0.0230. The first-order chi connectivity index (χ1) is 7.72. The molecule has 0 heterocycles. The molecule has 17 heavy (non-hydrogen) atoms. The normalized spacial score (nSPS) is 14.4. The molecule has 0 saturated carbocycles. The molecule has 0 aliphatic heterocycles. The predicted octanol–water partition coefficient (Wildman–Crippen LogP) is 2.32. The number of aliphatic carboxylic acids is 1. The number of nitrogens with zero attached hydrogens (tertiary/aromatic N) is 2. The van der Waals surface area contributed by atoms with Crippen LogP contribution in [0.1, 0.15) is 12.8 Å². The van der Waals surface area contributed by atoms with E-state index in [1.807, 2.05) is 0 Å². The highest BCUT2D eigenvalue weighted by atomic mass is 19.5. The zero-order chi connectivity index (χ0) is 13.5. The summed E-state index contributed by atoms with van der Waals surface area (Å²) in [6.07, 6.45) is 5.51. The Morgan fingerprint density at radius 3 is 2.24 bits per heavy atom. The first-order valence-corrected chi connectivity index (χ1v) is 4.39. The van der Waals surface area contributed by atoms with Gasteiger partial charge < -0.3 is 27.9 Å². The summed E-state index contributed by atoms with van der Waals surface area (Å²) < 4.78 is 39.0. The van der Waals surface area contributed by atoms with Crippen molar-refractivity contribution >= 4 is 18.9 Å². The van der Waals surface area contributed by atoms with Crippen molar-refractivity contribution in [1.82, 2.24) is 0 Å². The van der Waals surface area contributed by atoms with Crippen LogP contribution in [0.3, 0.4) is 0 Å². The molecule has 9 heteroatoms. The van der Waals surface area contributed by atoms with Crippen LogP contribution in [0.5, 0.6) is 0 Å². The Morgan fingerprint density at radius 2 is 1.94 bits per heavy atom. The highest BCUT2D eigenvalue weighted by Gasteiger charge is 2.20. The van der Waals surface area contributed by atoms with Crippen molar-refractivity contribution in [1.29, 1.82) is 0 Å². The largest absolute Gasteiger partial charge is 0.673 e. The van der Waals surface area contributed by atoms with Gasteiger partial charge in [0, 0.05) is 6.08 Å². The van der Waals surface area contributed by atoms with Crippen LogP contribution in [0, 0.1) is 0 Å².